The molecule has 1 aromatic heterocycles. The predicted octanol–water partition coefficient (Wildman–Crippen LogP) is 1.45. The number of benzene rings is 2. The minimum atomic E-state index is -0.806. The van der Waals surface area contributed by atoms with Crippen molar-refractivity contribution in [1.82, 2.24) is 14.7 Å². The van der Waals surface area contributed by atoms with Gasteiger partial charge in [-0.25, -0.2) is 0 Å². The highest BCUT2D eigenvalue weighted by atomic mass is 16.5. The van der Waals surface area contributed by atoms with E-state index < -0.39 is 11.9 Å². The molecule has 0 saturated carbocycles. The lowest BCUT2D eigenvalue weighted by atomic mass is 10.0. The number of carbonyl (C=O) groups is 3. The van der Waals surface area contributed by atoms with E-state index >= 15 is 0 Å². The van der Waals surface area contributed by atoms with Crippen molar-refractivity contribution in [3.05, 3.63) is 77.1 Å². The van der Waals surface area contributed by atoms with Gasteiger partial charge in [0.05, 0.1) is 12.2 Å². The minimum Gasteiger partial charge on any atom is -0.489 e. The van der Waals surface area contributed by atoms with Crippen molar-refractivity contribution in [2.75, 3.05) is 25.1 Å². The van der Waals surface area contributed by atoms with Gasteiger partial charge in [-0.3, -0.25) is 19.1 Å². The first-order chi connectivity index (χ1) is 15.9. The summed E-state index contributed by atoms with van der Waals surface area (Å²) in [6.07, 6.45) is 2.50. The van der Waals surface area contributed by atoms with E-state index in [9.17, 15) is 14.4 Å². The van der Waals surface area contributed by atoms with Crippen LogP contribution in [-0.2, 0) is 17.8 Å². The molecular formula is C24H23N5O4. The third-order valence-electron chi connectivity index (χ3n) is 6.10. The first-order valence-electron chi connectivity index (χ1n) is 10.7. The fraction of sp³-hybridized carbons (Fsp3) is 0.250. The predicted molar refractivity (Wildman–Crippen MR) is 120 cm³/mol. The van der Waals surface area contributed by atoms with Gasteiger partial charge in [0, 0.05) is 30.9 Å². The number of carbonyl (C=O) groups excluding carboxylic acids is 3. The molecule has 2 aromatic carbocycles. The maximum absolute atomic E-state index is 13.3. The highest BCUT2D eigenvalue weighted by Gasteiger charge is 2.40. The summed E-state index contributed by atoms with van der Waals surface area (Å²) in [4.78, 5) is 41.1. The average Bonchev–Trinajstić information content (AvgIpc) is 3.18. The quantitative estimate of drug-likeness (QED) is 0.654. The molecule has 0 saturated heterocycles. The molecule has 0 fully saturated rings. The molecule has 3 amide bonds. The van der Waals surface area contributed by atoms with Gasteiger partial charge >= 0.3 is 0 Å². The molecule has 5 rings (SSSR count). The van der Waals surface area contributed by atoms with Crippen molar-refractivity contribution in [3.63, 3.8) is 0 Å². The Bertz CT molecular complexity index is 1250. The fourth-order valence-electron chi connectivity index (χ4n) is 4.31. The van der Waals surface area contributed by atoms with Crippen molar-refractivity contribution >= 4 is 23.4 Å². The van der Waals surface area contributed by atoms with Gasteiger partial charge in [0.15, 0.2) is 5.69 Å². The van der Waals surface area contributed by atoms with Crippen LogP contribution in [0.4, 0.5) is 5.69 Å². The standard InChI is InChI=1S/C24H23N5O4/c1-27-18-11-16(22(25)30)7-8-20(18)33-14-19(23(27)31)29-10-9-17-13-28(26-21(17)24(29)32)12-15-5-3-2-4-6-15/h2-8,11,13,19H,9-10,12,14H2,1H3,(H2,25,30)/t19-/m0/s1. The van der Waals surface area contributed by atoms with Gasteiger partial charge in [-0.05, 0) is 30.2 Å². The first-order valence-corrected chi connectivity index (χ1v) is 10.7. The summed E-state index contributed by atoms with van der Waals surface area (Å²) in [5, 5.41) is 4.52. The number of hydrogen-bond donors (Lipinski definition) is 1. The van der Waals surface area contributed by atoms with Crippen molar-refractivity contribution in [2.24, 2.45) is 5.73 Å². The Balaban J connectivity index is 1.39. The Morgan fingerprint density at radius 1 is 1.18 bits per heavy atom. The summed E-state index contributed by atoms with van der Waals surface area (Å²) in [5.74, 6) is -0.724. The van der Waals surface area contributed by atoms with E-state index in [0.717, 1.165) is 11.1 Å². The van der Waals surface area contributed by atoms with Crippen molar-refractivity contribution in [2.45, 2.75) is 19.0 Å². The molecule has 3 heterocycles. The molecule has 0 spiro atoms. The van der Waals surface area contributed by atoms with Crippen LogP contribution in [0.5, 0.6) is 5.75 Å². The molecular weight excluding hydrogens is 422 g/mol. The van der Waals surface area contributed by atoms with Crippen LogP contribution < -0.4 is 15.4 Å². The lowest BCUT2D eigenvalue weighted by Gasteiger charge is -2.33. The number of aromatic nitrogens is 2. The van der Waals surface area contributed by atoms with Crippen LogP contribution in [0.3, 0.4) is 0 Å². The van der Waals surface area contributed by atoms with Gasteiger partial charge in [0.25, 0.3) is 11.8 Å². The molecule has 2 aliphatic rings. The molecule has 9 heteroatoms. The first kappa shape index (κ1) is 20.7. The molecule has 0 aliphatic carbocycles. The van der Waals surface area contributed by atoms with Crippen LogP contribution in [0.25, 0.3) is 0 Å². The second-order valence-electron chi connectivity index (χ2n) is 8.21. The Hall–Kier alpha value is -4.14. The van der Waals surface area contributed by atoms with Gasteiger partial charge in [0.2, 0.25) is 5.91 Å². The minimum absolute atomic E-state index is 0.0118. The molecule has 3 aromatic rings. The molecule has 9 nitrogen and oxygen atoms in total. The molecule has 168 valence electrons. The van der Waals surface area contributed by atoms with Crippen LogP contribution in [-0.4, -0.2) is 58.6 Å². The summed E-state index contributed by atoms with van der Waals surface area (Å²) in [7, 11) is 1.60. The Kier molecular flexibility index (Phi) is 5.08. The summed E-state index contributed by atoms with van der Waals surface area (Å²) in [5.41, 5.74) is 8.42. The average molecular weight is 445 g/mol. The van der Waals surface area contributed by atoms with E-state index in [2.05, 4.69) is 5.10 Å². The largest absolute Gasteiger partial charge is 0.489 e. The third kappa shape index (κ3) is 3.71. The van der Waals surface area contributed by atoms with Crippen molar-refractivity contribution in [3.8, 4) is 5.75 Å². The second kappa shape index (κ2) is 8.09. The maximum atomic E-state index is 13.3. The van der Waals surface area contributed by atoms with Crippen molar-refractivity contribution in [1.29, 1.82) is 0 Å². The number of nitrogens with zero attached hydrogens (tertiary/aromatic N) is 4. The number of anilines is 1. The third-order valence-corrected chi connectivity index (χ3v) is 6.10. The number of fused-ring (bicyclic) bond motifs is 2. The Morgan fingerprint density at radius 2 is 1.97 bits per heavy atom. The van der Waals surface area contributed by atoms with E-state index in [1.54, 1.807) is 23.9 Å². The normalized spacial score (nSPS) is 17.8. The molecule has 1 atom stereocenters. The lowest BCUT2D eigenvalue weighted by Crippen LogP contribution is -2.54. The van der Waals surface area contributed by atoms with Crippen LogP contribution in [0.2, 0.25) is 0 Å². The zero-order chi connectivity index (χ0) is 23.1. The number of amides is 3. The Morgan fingerprint density at radius 3 is 2.73 bits per heavy atom. The summed E-state index contributed by atoms with van der Waals surface area (Å²) >= 11 is 0. The van der Waals surface area contributed by atoms with Crippen molar-refractivity contribution < 1.29 is 19.1 Å². The number of hydrogen-bond acceptors (Lipinski definition) is 5. The van der Waals surface area contributed by atoms with Gasteiger partial charge < -0.3 is 20.3 Å². The number of rotatable bonds is 4. The van der Waals surface area contributed by atoms with Gasteiger partial charge in [-0.2, -0.15) is 5.10 Å². The zero-order valence-electron chi connectivity index (χ0n) is 18.1. The lowest BCUT2D eigenvalue weighted by molar-refractivity contribution is -0.123. The number of likely N-dealkylation sites (N-methyl/N-ethyl adjacent to an activating group) is 1. The molecule has 0 radical (unpaired) electrons. The monoisotopic (exact) mass is 445 g/mol. The number of primary amides is 1. The summed E-state index contributed by atoms with van der Waals surface area (Å²) < 4.78 is 7.64. The highest BCUT2D eigenvalue weighted by molar-refractivity contribution is 6.04. The maximum Gasteiger partial charge on any atom is 0.275 e. The molecule has 2 aliphatic heterocycles. The zero-order valence-corrected chi connectivity index (χ0v) is 18.1. The van der Waals surface area contributed by atoms with E-state index in [1.165, 1.54) is 15.9 Å². The number of ether oxygens (including phenoxy) is 1. The van der Waals surface area contributed by atoms with Crippen LogP contribution in [0.1, 0.15) is 32.0 Å². The van der Waals surface area contributed by atoms with Gasteiger partial charge in [-0.1, -0.05) is 30.3 Å². The topological polar surface area (TPSA) is 111 Å². The van der Waals surface area contributed by atoms with E-state index in [0.29, 0.717) is 36.6 Å². The molecule has 2 N–H and O–H groups in total. The van der Waals surface area contributed by atoms with Gasteiger partial charge in [0.1, 0.15) is 18.4 Å². The highest BCUT2D eigenvalue weighted by Crippen LogP contribution is 2.33. The molecule has 0 unspecified atom stereocenters. The smallest absolute Gasteiger partial charge is 0.275 e. The van der Waals surface area contributed by atoms with E-state index in [1.807, 2.05) is 36.5 Å². The molecule has 33 heavy (non-hydrogen) atoms. The van der Waals surface area contributed by atoms with Gasteiger partial charge in [-0.15, -0.1) is 0 Å². The van der Waals surface area contributed by atoms with E-state index in [4.69, 9.17) is 10.5 Å². The number of nitrogens with two attached hydrogens (primary N) is 1. The van der Waals surface area contributed by atoms with Crippen LogP contribution in [0.15, 0.2) is 54.7 Å². The fourth-order valence-corrected chi connectivity index (χ4v) is 4.31. The van der Waals surface area contributed by atoms with Crippen LogP contribution >= 0.6 is 0 Å². The second-order valence-corrected chi connectivity index (χ2v) is 8.21. The Labute approximate surface area is 190 Å². The van der Waals surface area contributed by atoms with Crippen LogP contribution in [0, 0.1) is 0 Å². The van der Waals surface area contributed by atoms with E-state index in [-0.39, 0.29) is 24.0 Å². The summed E-state index contributed by atoms with van der Waals surface area (Å²) in [6, 6.07) is 13.8. The molecule has 0 bridgehead atoms. The SMILES string of the molecule is CN1C(=O)[C@@H](N2CCc3cn(Cc4ccccc4)nc3C2=O)COc2ccc(C(N)=O)cc21. The summed E-state index contributed by atoms with van der Waals surface area (Å²) in [6.45, 7) is 0.962.